The van der Waals surface area contributed by atoms with E-state index in [9.17, 15) is 14.7 Å². The molecule has 0 saturated heterocycles. The molecule has 2 amide bonds. The van der Waals surface area contributed by atoms with E-state index in [-0.39, 0.29) is 5.91 Å². The van der Waals surface area contributed by atoms with Gasteiger partial charge >= 0.3 is 0 Å². The molecule has 1 heterocycles. The smallest absolute Gasteiger partial charge is 0.250 e. The molecule has 0 radical (unpaired) electrons. The summed E-state index contributed by atoms with van der Waals surface area (Å²) in [6.45, 7) is 7.51. The van der Waals surface area contributed by atoms with Gasteiger partial charge in [-0.05, 0) is 23.0 Å². The number of carbonyl (C=O) groups is 2. The van der Waals surface area contributed by atoms with Gasteiger partial charge in [-0.1, -0.05) is 69.7 Å². The lowest BCUT2D eigenvalue weighted by molar-refractivity contribution is -0.137. The largest absolute Gasteiger partial charge is 0.496 e. The van der Waals surface area contributed by atoms with Gasteiger partial charge in [0.05, 0.1) is 19.1 Å². The number of rotatable bonds is 12. The van der Waals surface area contributed by atoms with Crippen LogP contribution in [0.2, 0.25) is 0 Å². The number of aliphatic hydroxyl groups is 1. The molecule has 0 aliphatic heterocycles. The molecule has 1 aromatic heterocycles. The molecule has 3 N–H and O–H groups in total. The predicted molar refractivity (Wildman–Crippen MR) is 152 cm³/mol. The second-order valence-electron chi connectivity index (χ2n) is 10.1. The van der Waals surface area contributed by atoms with Crippen LogP contribution in [0.4, 0.5) is 5.13 Å². The standard InChI is InChI=1S/C29H37N3O6S/c1-7-10-23(31-27(35)25(33)29(2,3)4)26(34)32-28-30-16-24(39-28)22-12-9-8-11-18(22)17-38-21-14-19(36-5)13-20(15-21)37-6/h8-9,11-16,23,25,33H,7,10,17H2,1-6H3,(H,31,35)(H,30,32,34)/t23?,25-/m1/s1. The minimum absolute atomic E-state index is 0.298. The topological polar surface area (TPSA) is 119 Å². The van der Waals surface area contributed by atoms with E-state index >= 15 is 0 Å². The summed E-state index contributed by atoms with van der Waals surface area (Å²) in [5.41, 5.74) is 1.22. The number of carbonyl (C=O) groups excluding carboxylic acids is 2. The molecule has 3 rings (SSSR count). The number of nitrogens with one attached hydrogen (secondary N) is 2. The molecular weight excluding hydrogens is 518 g/mol. The van der Waals surface area contributed by atoms with E-state index in [0.29, 0.717) is 41.8 Å². The van der Waals surface area contributed by atoms with Gasteiger partial charge < -0.3 is 30.0 Å². The lowest BCUT2D eigenvalue weighted by Crippen LogP contribution is -2.50. The fourth-order valence-electron chi connectivity index (χ4n) is 3.76. The molecule has 1 unspecified atom stereocenters. The average Bonchev–Trinajstić information content (AvgIpc) is 3.38. The Hall–Kier alpha value is -3.63. The molecule has 0 bridgehead atoms. The number of ether oxygens (including phenoxy) is 3. The SMILES string of the molecule is CCCC(NC(=O)[C@@H](O)C(C)(C)C)C(=O)Nc1ncc(-c2ccccc2COc2cc(OC)cc(OC)c2)s1. The van der Waals surface area contributed by atoms with Gasteiger partial charge in [-0.25, -0.2) is 4.98 Å². The van der Waals surface area contributed by atoms with E-state index in [1.807, 2.05) is 31.2 Å². The first-order chi connectivity index (χ1) is 18.5. The lowest BCUT2D eigenvalue weighted by Gasteiger charge is -2.26. The van der Waals surface area contributed by atoms with Crippen molar-refractivity contribution in [2.45, 2.75) is 59.3 Å². The van der Waals surface area contributed by atoms with Gasteiger partial charge in [0.15, 0.2) is 5.13 Å². The maximum Gasteiger partial charge on any atom is 0.250 e. The normalized spacial score (nSPS) is 12.8. The quantitative estimate of drug-likeness (QED) is 0.287. The number of anilines is 1. The molecule has 0 fully saturated rings. The third-order valence-electron chi connectivity index (χ3n) is 6.02. The van der Waals surface area contributed by atoms with Crippen molar-refractivity contribution in [3.05, 3.63) is 54.2 Å². The van der Waals surface area contributed by atoms with Crippen molar-refractivity contribution in [3.8, 4) is 27.7 Å². The van der Waals surface area contributed by atoms with Crippen LogP contribution in [0.3, 0.4) is 0 Å². The van der Waals surface area contributed by atoms with Gasteiger partial charge in [0.1, 0.15) is 36.0 Å². The molecule has 0 saturated carbocycles. The van der Waals surface area contributed by atoms with Crippen LogP contribution < -0.4 is 24.8 Å². The minimum Gasteiger partial charge on any atom is -0.496 e. The molecule has 2 aromatic carbocycles. The van der Waals surface area contributed by atoms with E-state index in [4.69, 9.17) is 14.2 Å². The third kappa shape index (κ3) is 8.18. The Labute approximate surface area is 233 Å². The number of amides is 2. The van der Waals surface area contributed by atoms with Crippen molar-refractivity contribution >= 4 is 28.3 Å². The van der Waals surface area contributed by atoms with Crippen LogP contribution in [0, 0.1) is 5.41 Å². The summed E-state index contributed by atoms with van der Waals surface area (Å²) in [5, 5.41) is 16.2. The summed E-state index contributed by atoms with van der Waals surface area (Å²) >= 11 is 1.33. The van der Waals surface area contributed by atoms with Crippen LogP contribution in [0.15, 0.2) is 48.7 Å². The van der Waals surface area contributed by atoms with E-state index < -0.39 is 23.5 Å². The van der Waals surface area contributed by atoms with Crippen molar-refractivity contribution in [2.24, 2.45) is 5.41 Å². The van der Waals surface area contributed by atoms with Gasteiger partial charge in [-0.15, -0.1) is 0 Å². The van der Waals surface area contributed by atoms with E-state index in [2.05, 4.69) is 15.6 Å². The first-order valence-electron chi connectivity index (χ1n) is 12.7. The molecular formula is C29H37N3O6S. The first kappa shape index (κ1) is 29.9. The monoisotopic (exact) mass is 555 g/mol. The number of nitrogens with zero attached hydrogens (tertiary/aromatic N) is 1. The van der Waals surface area contributed by atoms with Gasteiger partial charge in [0.2, 0.25) is 11.8 Å². The average molecular weight is 556 g/mol. The Bertz CT molecular complexity index is 1250. The molecule has 210 valence electrons. The Morgan fingerprint density at radius 1 is 1.03 bits per heavy atom. The van der Waals surface area contributed by atoms with Gasteiger partial charge in [0.25, 0.3) is 0 Å². The van der Waals surface area contributed by atoms with Crippen LogP contribution in [-0.4, -0.2) is 48.3 Å². The maximum atomic E-state index is 13.0. The predicted octanol–water partition coefficient (Wildman–Crippen LogP) is 5.04. The fourth-order valence-corrected chi connectivity index (χ4v) is 4.64. The van der Waals surface area contributed by atoms with E-state index in [1.165, 1.54) is 11.3 Å². The lowest BCUT2D eigenvalue weighted by atomic mass is 9.88. The highest BCUT2D eigenvalue weighted by Crippen LogP contribution is 2.33. The van der Waals surface area contributed by atoms with Crippen LogP contribution in [0.1, 0.15) is 46.1 Å². The Balaban J connectivity index is 1.72. The van der Waals surface area contributed by atoms with Crippen molar-refractivity contribution in [3.63, 3.8) is 0 Å². The Morgan fingerprint density at radius 3 is 2.28 bits per heavy atom. The maximum absolute atomic E-state index is 13.0. The number of methoxy groups -OCH3 is 2. The molecule has 9 nitrogen and oxygen atoms in total. The van der Waals surface area contributed by atoms with E-state index in [0.717, 1.165) is 16.0 Å². The number of aromatic nitrogens is 1. The summed E-state index contributed by atoms with van der Waals surface area (Å²) in [6, 6.07) is 12.4. The van der Waals surface area contributed by atoms with Crippen LogP contribution in [-0.2, 0) is 16.2 Å². The number of hydrogen-bond donors (Lipinski definition) is 3. The van der Waals surface area contributed by atoms with Gasteiger partial charge in [-0.2, -0.15) is 0 Å². The summed E-state index contributed by atoms with van der Waals surface area (Å²) in [5.74, 6) is 0.921. The van der Waals surface area contributed by atoms with Crippen molar-refractivity contribution in [1.82, 2.24) is 10.3 Å². The second kappa shape index (κ2) is 13.4. The van der Waals surface area contributed by atoms with Crippen molar-refractivity contribution < 1.29 is 28.9 Å². The number of thiazole rings is 1. The zero-order valence-electron chi connectivity index (χ0n) is 23.2. The first-order valence-corrected chi connectivity index (χ1v) is 13.6. The number of hydrogen-bond acceptors (Lipinski definition) is 8. The summed E-state index contributed by atoms with van der Waals surface area (Å²) in [4.78, 5) is 30.8. The fraction of sp³-hybridized carbons (Fsp3) is 0.414. The molecule has 2 atom stereocenters. The highest BCUT2D eigenvalue weighted by atomic mass is 32.1. The highest BCUT2D eigenvalue weighted by Gasteiger charge is 2.32. The van der Waals surface area contributed by atoms with Crippen LogP contribution in [0.5, 0.6) is 17.2 Å². The molecule has 0 aliphatic rings. The zero-order valence-corrected chi connectivity index (χ0v) is 24.1. The second-order valence-corrected chi connectivity index (χ2v) is 11.2. The summed E-state index contributed by atoms with van der Waals surface area (Å²) in [7, 11) is 3.17. The van der Waals surface area contributed by atoms with E-state index in [1.54, 1.807) is 59.4 Å². The van der Waals surface area contributed by atoms with Crippen LogP contribution in [0.25, 0.3) is 10.4 Å². The van der Waals surface area contributed by atoms with Gasteiger partial charge in [0, 0.05) is 24.4 Å². The molecule has 3 aromatic rings. The summed E-state index contributed by atoms with van der Waals surface area (Å²) < 4.78 is 16.7. The third-order valence-corrected chi connectivity index (χ3v) is 6.96. The minimum atomic E-state index is -1.23. The van der Waals surface area contributed by atoms with Gasteiger partial charge in [-0.3, -0.25) is 9.59 Å². The van der Waals surface area contributed by atoms with Crippen LogP contribution >= 0.6 is 11.3 Å². The van der Waals surface area contributed by atoms with Crippen molar-refractivity contribution in [2.75, 3.05) is 19.5 Å². The highest BCUT2D eigenvalue weighted by molar-refractivity contribution is 7.19. The molecule has 39 heavy (non-hydrogen) atoms. The number of benzene rings is 2. The Kier molecular flexibility index (Phi) is 10.3. The number of aliphatic hydroxyl groups excluding tert-OH is 1. The molecule has 10 heteroatoms. The van der Waals surface area contributed by atoms with Crippen molar-refractivity contribution in [1.29, 1.82) is 0 Å². The zero-order chi connectivity index (χ0) is 28.6. The molecule has 0 spiro atoms. The summed E-state index contributed by atoms with van der Waals surface area (Å²) in [6.07, 6.45) is 1.58. The Morgan fingerprint density at radius 2 is 1.67 bits per heavy atom. The molecule has 0 aliphatic carbocycles.